The Hall–Kier alpha value is -3.54. The van der Waals surface area contributed by atoms with Crippen LogP contribution in [-0.2, 0) is 20.2 Å². The average Bonchev–Trinajstić information content (AvgIpc) is 2.92. The molecule has 1 heterocycles. The Morgan fingerprint density at radius 1 is 0.786 bits per heavy atom. The van der Waals surface area contributed by atoms with Crippen LogP contribution >= 0.6 is 11.6 Å². The Labute approximate surface area is 266 Å². The zero-order valence-corrected chi connectivity index (χ0v) is 25.8. The number of hydrogen-bond acceptors (Lipinski definition) is 11. The fraction of sp³-hybridized carbons (Fsp3) is 0. The Morgan fingerprint density at radius 3 is 2.05 bits per heavy atom. The summed E-state index contributed by atoms with van der Waals surface area (Å²) in [5.74, 6) is -0.801. The number of benzene rings is 4. The summed E-state index contributed by atoms with van der Waals surface area (Å²) >= 11 is 6.11. The van der Waals surface area contributed by atoms with Crippen LogP contribution in [0.2, 0.25) is 5.28 Å². The van der Waals surface area contributed by atoms with Gasteiger partial charge in [-0.1, -0.05) is 48.5 Å². The Morgan fingerprint density at radius 2 is 1.43 bits per heavy atom. The van der Waals surface area contributed by atoms with Crippen molar-refractivity contribution in [1.29, 1.82) is 0 Å². The normalized spacial score (nSPS) is 11.9. The smallest absolute Gasteiger partial charge is 0.505 e. The van der Waals surface area contributed by atoms with Crippen molar-refractivity contribution in [1.82, 2.24) is 15.0 Å². The van der Waals surface area contributed by atoms with Crippen molar-refractivity contribution in [3.05, 3.63) is 84.1 Å². The third-order valence-electron chi connectivity index (χ3n) is 5.61. The number of nitrogens with zero attached hydrogens (tertiary/aromatic N) is 5. The van der Waals surface area contributed by atoms with Gasteiger partial charge in [0.15, 0.2) is 11.6 Å². The number of phenolic OH excluding ortho intramolecular Hbond substituents is 1. The molecule has 0 radical (unpaired) electrons. The van der Waals surface area contributed by atoms with E-state index >= 15 is 0 Å². The fourth-order valence-electron chi connectivity index (χ4n) is 3.85. The van der Waals surface area contributed by atoms with Gasteiger partial charge in [-0.25, -0.2) is 0 Å². The molecule has 42 heavy (non-hydrogen) atoms. The van der Waals surface area contributed by atoms with E-state index in [1.807, 2.05) is 0 Å². The summed E-state index contributed by atoms with van der Waals surface area (Å²) in [6, 6.07) is 19.6. The summed E-state index contributed by atoms with van der Waals surface area (Å²) in [6.45, 7) is 0. The van der Waals surface area contributed by atoms with Gasteiger partial charge in [-0.05, 0) is 47.3 Å². The third kappa shape index (κ3) is 6.91. The molecule has 13 nitrogen and oxygen atoms in total. The van der Waals surface area contributed by atoms with Gasteiger partial charge >= 0.3 is 29.6 Å². The monoisotopic (exact) mass is 635 g/mol. The van der Waals surface area contributed by atoms with Crippen LogP contribution in [-0.4, -0.2) is 46.0 Å². The van der Waals surface area contributed by atoms with E-state index in [4.69, 9.17) is 11.6 Å². The van der Waals surface area contributed by atoms with Crippen LogP contribution < -0.4 is 34.9 Å². The molecule has 17 heteroatoms. The van der Waals surface area contributed by atoms with Crippen LogP contribution in [0.25, 0.3) is 22.2 Å². The molecule has 0 spiro atoms. The van der Waals surface area contributed by atoms with Gasteiger partial charge in [-0.2, -0.15) is 36.9 Å². The van der Waals surface area contributed by atoms with E-state index in [-0.39, 0.29) is 63.1 Å². The Balaban J connectivity index is 0.00000405. The maximum atomic E-state index is 12.2. The Kier molecular flexibility index (Phi) is 9.24. The van der Waals surface area contributed by atoms with Crippen molar-refractivity contribution in [2.24, 2.45) is 10.2 Å². The van der Waals surface area contributed by atoms with E-state index in [0.29, 0.717) is 11.3 Å². The van der Waals surface area contributed by atoms with E-state index in [9.17, 15) is 31.0 Å². The number of azo groups is 1. The van der Waals surface area contributed by atoms with Crippen molar-refractivity contribution in [2.45, 2.75) is 9.79 Å². The van der Waals surface area contributed by atoms with Gasteiger partial charge in [0.2, 0.25) is 11.2 Å². The van der Waals surface area contributed by atoms with Crippen LogP contribution in [0.15, 0.2) is 98.9 Å². The number of anilines is 2. The maximum Gasteiger partial charge on any atom is 1.00 e. The quantitative estimate of drug-likeness (QED) is 0.116. The molecule has 4 N–H and O–H groups in total. The van der Waals surface area contributed by atoms with Gasteiger partial charge in [-0.15, -0.1) is 5.11 Å². The second-order valence-corrected chi connectivity index (χ2v) is 11.5. The van der Waals surface area contributed by atoms with E-state index in [1.165, 1.54) is 0 Å². The van der Waals surface area contributed by atoms with Crippen molar-refractivity contribution in [2.75, 3.05) is 5.32 Å². The number of hydrogen-bond donors (Lipinski definition) is 4. The summed E-state index contributed by atoms with van der Waals surface area (Å²) in [7, 11) is -9.85. The molecule has 0 aliphatic rings. The van der Waals surface area contributed by atoms with Gasteiger partial charge in [0, 0.05) is 10.9 Å². The molecule has 5 rings (SSSR count). The van der Waals surface area contributed by atoms with Crippen LogP contribution in [0, 0.1) is 0 Å². The number of fused-ring (bicyclic) bond motifs is 1. The first-order valence-corrected chi connectivity index (χ1v) is 14.7. The zero-order chi connectivity index (χ0) is 29.4. The molecule has 0 aliphatic carbocycles. The third-order valence-corrected chi connectivity index (χ3v) is 7.47. The standard InChI is InChI=1S/C25H17ClN6O7S2.Na/c26-24-28-23(14-7-3-1-4-8-14)29-25(30-24)27-18-13-17(40(34,35)36)11-15-12-19(41(37,38)39)21(22(33)20(15)18)32-31-16-9-5-2-6-10-16;/h1-13,33H,(H,34,35,36)(H,37,38,39)(H,27,28,29,30);/q;+1. The van der Waals surface area contributed by atoms with Gasteiger partial charge in [0.1, 0.15) is 10.6 Å². The molecule has 4 aromatic carbocycles. The summed E-state index contributed by atoms with van der Waals surface area (Å²) in [5.41, 5.74) is 0.0689. The first-order chi connectivity index (χ1) is 19.4. The minimum absolute atomic E-state index is 0. The van der Waals surface area contributed by atoms with E-state index < -0.39 is 41.5 Å². The number of aromatic nitrogens is 3. The zero-order valence-electron chi connectivity index (χ0n) is 21.4. The SMILES string of the molecule is O=S(=O)(O)c1cc(Nc2nc(Cl)nc(-c3ccccc3)n2)c2c(O)c(N=Nc3ccccc3)c(S(=O)(=O)O)cc2c1.[Na+]. The van der Waals surface area contributed by atoms with Gasteiger partial charge in [0.25, 0.3) is 20.2 Å². The fourth-order valence-corrected chi connectivity index (χ4v) is 5.21. The molecule has 0 bridgehead atoms. The van der Waals surface area contributed by atoms with Gasteiger partial charge < -0.3 is 10.4 Å². The first kappa shape index (κ1) is 31.4. The number of rotatable bonds is 7. The van der Waals surface area contributed by atoms with Crippen LogP contribution in [0.1, 0.15) is 0 Å². The van der Waals surface area contributed by atoms with Gasteiger partial charge in [0.05, 0.1) is 16.3 Å². The molecule has 0 amide bonds. The molecular formula is C25H17ClN6NaO7S2+. The molecule has 0 aliphatic heterocycles. The van der Waals surface area contributed by atoms with Crippen molar-refractivity contribution < 1.29 is 60.6 Å². The van der Waals surface area contributed by atoms with Crippen LogP contribution in [0.5, 0.6) is 5.75 Å². The van der Waals surface area contributed by atoms with E-state index in [2.05, 4.69) is 30.5 Å². The molecule has 0 atom stereocenters. The summed E-state index contributed by atoms with van der Waals surface area (Å²) in [6.07, 6.45) is 0. The average molecular weight is 636 g/mol. The molecule has 0 saturated heterocycles. The molecule has 5 aromatic rings. The van der Waals surface area contributed by atoms with E-state index in [0.717, 1.165) is 18.2 Å². The summed E-state index contributed by atoms with van der Waals surface area (Å²) in [5, 5.41) is 21.2. The van der Waals surface area contributed by atoms with Crippen LogP contribution in [0.4, 0.5) is 23.0 Å². The van der Waals surface area contributed by atoms with Crippen molar-refractivity contribution >= 4 is 65.6 Å². The second-order valence-electron chi connectivity index (χ2n) is 8.37. The minimum Gasteiger partial charge on any atom is -0.505 e. The van der Waals surface area contributed by atoms with E-state index in [1.54, 1.807) is 60.7 Å². The molecule has 0 saturated carbocycles. The predicted molar refractivity (Wildman–Crippen MR) is 149 cm³/mol. The topological polar surface area (TPSA) is 204 Å². The van der Waals surface area contributed by atoms with Gasteiger partial charge in [-0.3, -0.25) is 9.11 Å². The number of phenols is 1. The largest absolute Gasteiger partial charge is 1.00 e. The summed E-state index contributed by atoms with van der Waals surface area (Å²) < 4.78 is 68.3. The first-order valence-electron chi connectivity index (χ1n) is 11.4. The Bertz CT molecular complexity index is 2050. The number of nitrogens with one attached hydrogen (secondary N) is 1. The predicted octanol–water partition coefficient (Wildman–Crippen LogP) is 2.71. The minimum atomic E-state index is -5.01. The van der Waals surface area contributed by atoms with Crippen LogP contribution in [0.3, 0.4) is 0 Å². The van der Waals surface area contributed by atoms with Crippen molar-refractivity contribution in [3.8, 4) is 17.1 Å². The molecule has 0 fully saturated rings. The summed E-state index contributed by atoms with van der Waals surface area (Å²) in [4.78, 5) is 10.8. The molecule has 0 unspecified atom stereocenters. The second kappa shape index (κ2) is 12.4. The number of halogens is 1. The molecule has 208 valence electrons. The maximum absolute atomic E-state index is 12.2. The molecule has 1 aromatic heterocycles. The molecular weight excluding hydrogens is 619 g/mol. The number of aromatic hydroxyl groups is 1. The van der Waals surface area contributed by atoms with Crippen molar-refractivity contribution in [3.63, 3.8) is 0 Å².